The quantitative estimate of drug-likeness (QED) is 0.191. The minimum atomic E-state index is -2.61. The Morgan fingerprint density at radius 3 is 1.68 bits per heavy atom. The molecule has 0 fully saturated rings. The topological polar surface area (TPSA) is 20.5 Å². The standard InChI is InChI=1S/C24H19O2.4ClH.Fe/c1-25-22-15-9-8-14-21(22)24-17-20(18-10-4-2-5-11-18)16-23(26-24)19-12-6-3-7-13-19;;;;;/h2-17H,1H3;4*1H;/q+1;;;;;+3/p-4. The molecule has 0 aliphatic heterocycles. The fourth-order valence-electron chi connectivity index (χ4n) is 3.02. The number of hydrogen-bond donors (Lipinski definition) is 0. The summed E-state index contributed by atoms with van der Waals surface area (Å²) < 4.78 is 11.8. The molecule has 0 unspecified atom stereocenters. The predicted molar refractivity (Wildman–Crippen MR) is 129 cm³/mol. The average molecular weight is 537 g/mol. The molecule has 31 heavy (non-hydrogen) atoms. The van der Waals surface area contributed by atoms with Crippen molar-refractivity contribution in [3.63, 3.8) is 0 Å². The van der Waals surface area contributed by atoms with Crippen molar-refractivity contribution >= 4 is 40.4 Å². The first-order valence-electron chi connectivity index (χ1n) is 9.11. The van der Waals surface area contributed by atoms with Gasteiger partial charge in [-0.3, -0.25) is 0 Å². The first-order chi connectivity index (χ1) is 14.8. The second kappa shape index (κ2) is 11.2. The third-order valence-corrected chi connectivity index (χ3v) is 4.33. The summed E-state index contributed by atoms with van der Waals surface area (Å²) in [5, 5.41) is 0. The van der Waals surface area contributed by atoms with Gasteiger partial charge in [-0.2, -0.15) is 0 Å². The predicted octanol–water partition coefficient (Wildman–Crippen LogP) is 9.33. The summed E-state index contributed by atoms with van der Waals surface area (Å²) in [4.78, 5) is 0. The van der Waals surface area contributed by atoms with Crippen molar-refractivity contribution in [1.29, 1.82) is 0 Å². The van der Waals surface area contributed by atoms with E-state index in [9.17, 15) is 0 Å². The van der Waals surface area contributed by atoms with Crippen molar-refractivity contribution in [1.82, 2.24) is 0 Å². The first kappa shape index (κ1) is 23.9. The van der Waals surface area contributed by atoms with Crippen LogP contribution in [-0.2, 0) is 9.20 Å². The van der Waals surface area contributed by atoms with Gasteiger partial charge in [-0.1, -0.05) is 60.7 Å². The SMILES string of the molecule is COc1ccccc1-c1cc(-c2ccccc2)cc(-c2ccccc2)[o+]1.[Cl][Fe-]([Cl])([Cl])[Cl]. The van der Waals surface area contributed by atoms with Gasteiger partial charge >= 0.3 is 61.1 Å². The zero-order chi connectivity index (χ0) is 22.3. The molecule has 2 nitrogen and oxygen atoms in total. The molecule has 1 heterocycles. The molecule has 0 radical (unpaired) electrons. The van der Waals surface area contributed by atoms with E-state index < -0.39 is 9.20 Å². The van der Waals surface area contributed by atoms with Gasteiger partial charge in [0, 0.05) is 5.56 Å². The summed E-state index contributed by atoms with van der Waals surface area (Å²) in [5.74, 6) is 2.40. The molecule has 0 N–H and O–H groups in total. The van der Waals surface area contributed by atoms with E-state index in [1.54, 1.807) is 7.11 Å². The van der Waals surface area contributed by atoms with Crippen LogP contribution >= 0.6 is 40.4 Å². The molecule has 0 bridgehead atoms. The second-order valence-corrected chi connectivity index (χ2v) is 17.3. The van der Waals surface area contributed by atoms with Gasteiger partial charge in [0.15, 0.2) is 0 Å². The summed E-state index contributed by atoms with van der Waals surface area (Å²) >= 11 is 0. The van der Waals surface area contributed by atoms with E-state index in [1.165, 1.54) is 0 Å². The zero-order valence-electron chi connectivity index (χ0n) is 16.4. The van der Waals surface area contributed by atoms with Crippen molar-refractivity contribution in [2.24, 2.45) is 0 Å². The maximum absolute atomic E-state index is 6.27. The summed E-state index contributed by atoms with van der Waals surface area (Å²) in [6.45, 7) is 0. The van der Waals surface area contributed by atoms with Gasteiger partial charge in [0.2, 0.25) is 0 Å². The number of hydrogen-bond acceptors (Lipinski definition) is 1. The van der Waals surface area contributed by atoms with E-state index >= 15 is 0 Å². The van der Waals surface area contributed by atoms with Gasteiger partial charge in [0.05, 0.1) is 24.8 Å². The fraction of sp³-hybridized carbons (Fsp3) is 0.0417. The Bertz CT molecular complexity index is 1050. The van der Waals surface area contributed by atoms with Gasteiger partial charge in [0.25, 0.3) is 0 Å². The summed E-state index contributed by atoms with van der Waals surface area (Å²) in [6, 6.07) is 32.5. The molecule has 0 saturated heterocycles. The number of rotatable bonds is 4. The summed E-state index contributed by atoms with van der Waals surface area (Å²) in [7, 11) is 18.9. The third kappa shape index (κ3) is 7.43. The van der Waals surface area contributed by atoms with E-state index in [1.807, 2.05) is 60.7 Å². The Balaban J connectivity index is 0.000000491. The van der Waals surface area contributed by atoms with Crippen molar-refractivity contribution in [3.05, 3.63) is 97.1 Å². The molecule has 0 aliphatic rings. The van der Waals surface area contributed by atoms with Gasteiger partial charge < -0.3 is 4.74 Å². The first-order valence-corrected chi connectivity index (χ1v) is 15.2. The van der Waals surface area contributed by atoms with Crippen LogP contribution in [0.1, 0.15) is 0 Å². The van der Waals surface area contributed by atoms with E-state index in [2.05, 4.69) is 36.4 Å². The average Bonchev–Trinajstić information content (AvgIpc) is 2.79. The van der Waals surface area contributed by atoms with E-state index in [0.29, 0.717) is 0 Å². The van der Waals surface area contributed by atoms with Crippen molar-refractivity contribution in [2.45, 2.75) is 0 Å². The van der Waals surface area contributed by atoms with E-state index in [4.69, 9.17) is 49.5 Å². The molecule has 0 spiro atoms. The van der Waals surface area contributed by atoms with Crippen LogP contribution in [0.3, 0.4) is 0 Å². The molecule has 0 atom stereocenters. The Morgan fingerprint density at radius 1 is 0.613 bits per heavy atom. The Hall–Kier alpha value is -1.71. The van der Waals surface area contributed by atoms with Gasteiger partial charge in [-0.05, 0) is 29.8 Å². The van der Waals surface area contributed by atoms with Crippen molar-refractivity contribution in [3.8, 4) is 39.5 Å². The van der Waals surface area contributed by atoms with Crippen LogP contribution < -0.4 is 4.74 Å². The molecular formula is C24H19Cl4FeO2. The molecule has 0 amide bonds. The van der Waals surface area contributed by atoms with Crippen LogP contribution in [-0.4, -0.2) is 7.11 Å². The fourth-order valence-corrected chi connectivity index (χ4v) is 3.02. The van der Waals surface area contributed by atoms with Gasteiger partial charge in [-0.25, -0.2) is 4.42 Å². The molecule has 163 valence electrons. The van der Waals surface area contributed by atoms with Crippen LogP contribution in [0.25, 0.3) is 33.8 Å². The monoisotopic (exact) mass is 535 g/mol. The Labute approximate surface area is 201 Å². The van der Waals surface area contributed by atoms with Crippen molar-refractivity contribution in [2.75, 3.05) is 7.11 Å². The number of benzene rings is 3. The molecular weight excluding hydrogens is 518 g/mol. The molecule has 0 saturated carbocycles. The maximum atomic E-state index is 6.27. The molecule has 4 aromatic rings. The minimum absolute atomic E-state index is 0.780. The number of ether oxygens (including phenoxy) is 1. The Morgan fingerprint density at radius 2 is 1.10 bits per heavy atom. The molecule has 1 aromatic heterocycles. The van der Waals surface area contributed by atoms with Crippen LogP contribution in [0.2, 0.25) is 0 Å². The van der Waals surface area contributed by atoms with Crippen molar-refractivity contribution < 1.29 is 18.4 Å². The molecule has 7 heteroatoms. The molecule has 3 aromatic carbocycles. The summed E-state index contributed by atoms with van der Waals surface area (Å²) in [5.41, 5.74) is 4.24. The van der Waals surface area contributed by atoms with Crippen LogP contribution in [0, 0.1) is 0 Å². The van der Waals surface area contributed by atoms with Crippen LogP contribution in [0.5, 0.6) is 5.75 Å². The normalized spacial score (nSPS) is 11.3. The van der Waals surface area contributed by atoms with E-state index in [-0.39, 0.29) is 0 Å². The van der Waals surface area contributed by atoms with E-state index in [0.717, 1.165) is 39.5 Å². The zero-order valence-corrected chi connectivity index (χ0v) is 20.5. The van der Waals surface area contributed by atoms with Gasteiger partial charge in [0.1, 0.15) is 11.3 Å². The van der Waals surface area contributed by atoms with Crippen LogP contribution in [0.15, 0.2) is 101 Å². The number of para-hydroxylation sites is 1. The van der Waals surface area contributed by atoms with Gasteiger partial charge in [-0.15, -0.1) is 0 Å². The summed E-state index contributed by atoms with van der Waals surface area (Å²) in [6.07, 6.45) is 0. The van der Waals surface area contributed by atoms with Crippen LogP contribution in [0.4, 0.5) is 0 Å². The Kier molecular flexibility index (Phi) is 8.68. The number of halogens is 4. The molecule has 0 aliphatic carbocycles. The number of methoxy groups -OCH3 is 1. The third-order valence-electron chi connectivity index (χ3n) is 4.33. The second-order valence-electron chi connectivity index (χ2n) is 6.31. The molecule has 4 rings (SSSR count).